The van der Waals surface area contributed by atoms with Crippen molar-refractivity contribution in [3.63, 3.8) is 0 Å². The molecule has 2 aromatic rings. The Morgan fingerprint density at radius 1 is 1.19 bits per heavy atom. The Morgan fingerprint density at radius 3 is 2.52 bits per heavy atom. The average Bonchev–Trinajstić information content (AvgIpc) is 2.53. The van der Waals surface area contributed by atoms with Gasteiger partial charge >= 0.3 is 0 Å². The Balaban J connectivity index is 2.24. The average molecular weight is 399 g/mol. The van der Waals surface area contributed by atoms with Crippen LogP contribution < -0.4 is 15.2 Å². The van der Waals surface area contributed by atoms with E-state index in [1.165, 1.54) is 0 Å². The number of aliphatic hydroxyl groups excluding tert-OH is 1. The van der Waals surface area contributed by atoms with Crippen LogP contribution in [0.25, 0.3) is 0 Å². The van der Waals surface area contributed by atoms with Gasteiger partial charge in [0, 0.05) is 10.1 Å². The topological polar surface area (TPSA) is 64.7 Å². The van der Waals surface area contributed by atoms with Gasteiger partial charge in [-0.15, -0.1) is 0 Å². The minimum absolute atomic E-state index is 0.167. The second kappa shape index (κ2) is 7.63. The molecular weight excluding hydrogens is 381 g/mol. The first-order valence-electron chi connectivity index (χ1n) is 6.58. The molecule has 2 aromatic carbocycles. The summed E-state index contributed by atoms with van der Waals surface area (Å²) in [4.78, 5) is 0. The third-order valence-electron chi connectivity index (χ3n) is 3.10. The highest BCUT2D eigenvalue weighted by molar-refractivity contribution is 14.1. The van der Waals surface area contributed by atoms with Gasteiger partial charge in [-0.3, -0.25) is 0 Å². The van der Waals surface area contributed by atoms with E-state index in [0.29, 0.717) is 18.1 Å². The van der Waals surface area contributed by atoms with E-state index in [1.807, 2.05) is 36.4 Å². The molecule has 0 radical (unpaired) electrons. The second-order valence-corrected chi connectivity index (χ2v) is 5.71. The lowest BCUT2D eigenvalue weighted by molar-refractivity contribution is 0.184. The van der Waals surface area contributed by atoms with Crippen molar-refractivity contribution < 1.29 is 14.6 Å². The molecule has 1 atom stereocenters. The van der Waals surface area contributed by atoms with Crippen molar-refractivity contribution >= 4 is 22.6 Å². The largest absolute Gasteiger partial charge is 0.493 e. The monoisotopic (exact) mass is 399 g/mol. The molecule has 0 amide bonds. The number of hydrogen-bond acceptors (Lipinski definition) is 4. The number of hydrogen-bond donors (Lipinski definition) is 2. The lowest BCUT2D eigenvalue weighted by Gasteiger charge is -2.16. The van der Waals surface area contributed by atoms with Crippen molar-refractivity contribution in [3.05, 3.63) is 57.2 Å². The fourth-order valence-electron chi connectivity index (χ4n) is 1.94. The standard InChI is InChI=1S/C16H18INO3/c1-20-15-8-13(17)12(14(19)9-18)7-16(15)21-10-11-5-3-2-4-6-11/h2-8,14,19H,9-10,18H2,1H3. The van der Waals surface area contributed by atoms with Gasteiger partial charge in [0.1, 0.15) is 6.61 Å². The van der Waals surface area contributed by atoms with Crippen molar-refractivity contribution in [2.45, 2.75) is 12.7 Å². The van der Waals surface area contributed by atoms with Crippen LogP contribution in [0.15, 0.2) is 42.5 Å². The molecule has 0 heterocycles. The maximum Gasteiger partial charge on any atom is 0.162 e. The summed E-state index contributed by atoms with van der Waals surface area (Å²) in [6, 6.07) is 13.5. The zero-order valence-electron chi connectivity index (χ0n) is 11.8. The zero-order chi connectivity index (χ0) is 15.2. The van der Waals surface area contributed by atoms with Crippen molar-refractivity contribution in [2.75, 3.05) is 13.7 Å². The first-order chi connectivity index (χ1) is 10.2. The minimum Gasteiger partial charge on any atom is -0.493 e. The van der Waals surface area contributed by atoms with Crippen molar-refractivity contribution in [2.24, 2.45) is 5.73 Å². The Bertz CT molecular complexity index is 590. The van der Waals surface area contributed by atoms with Gasteiger partial charge < -0.3 is 20.3 Å². The van der Waals surface area contributed by atoms with E-state index in [9.17, 15) is 5.11 Å². The predicted molar refractivity (Wildman–Crippen MR) is 90.5 cm³/mol. The van der Waals surface area contributed by atoms with E-state index >= 15 is 0 Å². The van der Waals surface area contributed by atoms with E-state index in [4.69, 9.17) is 15.2 Å². The third kappa shape index (κ3) is 4.09. The molecule has 0 saturated heterocycles. The maximum absolute atomic E-state index is 9.96. The molecule has 0 aromatic heterocycles. The molecule has 0 saturated carbocycles. The van der Waals surface area contributed by atoms with Crippen LogP contribution in [0.5, 0.6) is 11.5 Å². The Labute approximate surface area is 138 Å². The van der Waals surface area contributed by atoms with Gasteiger partial charge in [-0.05, 0) is 45.9 Å². The summed E-state index contributed by atoms with van der Waals surface area (Å²) in [5.74, 6) is 1.24. The first kappa shape index (κ1) is 16.1. The summed E-state index contributed by atoms with van der Waals surface area (Å²) in [7, 11) is 1.60. The molecule has 0 spiro atoms. The van der Waals surface area contributed by atoms with E-state index in [2.05, 4.69) is 22.6 Å². The van der Waals surface area contributed by atoms with Crippen molar-refractivity contribution in [3.8, 4) is 11.5 Å². The van der Waals surface area contributed by atoms with Crippen LogP contribution in [-0.2, 0) is 6.61 Å². The van der Waals surface area contributed by atoms with Crippen LogP contribution in [0.1, 0.15) is 17.2 Å². The van der Waals surface area contributed by atoms with Crippen LogP contribution in [0, 0.1) is 3.57 Å². The molecule has 4 nitrogen and oxygen atoms in total. The molecule has 21 heavy (non-hydrogen) atoms. The number of halogens is 1. The fraction of sp³-hybridized carbons (Fsp3) is 0.250. The van der Waals surface area contributed by atoms with E-state index in [0.717, 1.165) is 14.7 Å². The third-order valence-corrected chi connectivity index (χ3v) is 4.04. The Kier molecular flexibility index (Phi) is 5.84. The Hall–Kier alpha value is -1.31. The summed E-state index contributed by atoms with van der Waals surface area (Å²) >= 11 is 2.15. The smallest absolute Gasteiger partial charge is 0.162 e. The molecular formula is C16H18INO3. The van der Waals surface area contributed by atoms with Gasteiger partial charge in [0.2, 0.25) is 0 Å². The molecule has 2 rings (SSSR count). The number of rotatable bonds is 6. The molecule has 0 bridgehead atoms. The summed E-state index contributed by atoms with van der Waals surface area (Å²) in [5, 5.41) is 9.96. The van der Waals surface area contributed by atoms with Crippen LogP contribution >= 0.6 is 22.6 Å². The van der Waals surface area contributed by atoms with Crippen molar-refractivity contribution in [1.29, 1.82) is 0 Å². The highest BCUT2D eigenvalue weighted by Crippen LogP contribution is 2.34. The molecule has 1 unspecified atom stereocenters. The van der Waals surface area contributed by atoms with Crippen molar-refractivity contribution in [1.82, 2.24) is 0 Å². The summed E-state index contributed by atoms with van der Waals surface area (Å²) in [6.45, 7) is 0.608. The molecule has 3 N–H and O–H groups in total. The van der Waals surface area contributed by atoms with E-state index in [-0.39, 0.29) is 6.54 Å². The highest BCUT2D eigenvalue weighted by atomic mass is 127. The van der Waals surface area contributed by atoms with E-state index in [1.54, 1.807) is 13.2 Å². The van der Waals surface area contributed by atoms with Crippen LogP contribution in [0.3, 0.4) is 0 Å². The van der Waals surface area contributed by atoms with Gasteiger partial charge in [0.25, 0.3) is 0 Å². The molecule has 0 aliphatic carbocycles. The zero-order valence-corrected chi connectivity index (χ0v) is 13.9. The quantitative estimate of drug-likeness (QED) is 0.734. The summed E-state index contributed by atoms with van der Waals surface area (Å²) < 4.78 is 12.1. The van der Waals surface area contributed by atoms with E-state index < -0.39 is 6.10 Å². The molecule has 0 aliphatic heterocycles. The number of methoxy groups -OCH3 is 1. The SMILES string of the molecule is COc1cc(I)c(C(O)CN)cc1OCc1ccccc1. The highest BCUT2D eigenvalue weighted by Gasteiger charge is 2.15. The van der Waals surface area contributed by atoms with Gasteiger partial charge in [-0.2, -0.15) is 0 Å². The first-order valence-corrected chi connectivity index (χ1v) is 7.66. The fourth-order valence-corrected chi connectivity index (χ4v) is 2.74. The molecule has 0 aliphatic rings. The maximum atomic E-state index is 9.96. The minimum atomic E-state index is -0.707. The lowest BCUT2D eigenvalue weighted by atomic mass is 10.1. The Morgan fingerprint density at radius 2 is 1.90 bits per heavy atom. The van der Waals surface area contributed by atoms with Gasteiger partial charge in [-0.25, -0.2) is 0 Å². The summed E-state index contributed by atoms with van der Waals surface area (Å²) in [5.41, 5.74) is 7.35. The number of benzene rings is 2. The van der Waals surface area contributed by atoms with Gasteiger partial charge in [-0.1, -0.05) is 30.3 Å². The predicted octanol–water partition coefficient (Wildman–Crippen LogP) is 2.87. The normalized spacial score (nSPS) is 12.0. The van der Waals surface area contributed by atoms with Crippen LogP contribution in [0.2, 0.25) is 0 Å². The summed E-state index contributed by atoms with van der Waals surface area (Å²) in [6.07, 6.45) is -0.707. The van der Waals surface area contributed by atoms with Gasteiger partial charge in [0.15, 0.2) is 11.5 Å². The number of nitrogens with two attached hydrogens (primary N) is 1. The second-order valence-electron chi connectivity index (χ2n) is 4.55. The lowest BCUT2D eigenvalue weighted by Crippen LogP contribution is -2.13. The molecule has 5 heteroatoms. The number of ether oxygens (including phenoxy) is 2. The number of aliphatic hydroxyl groups is 1. The van der Waals surface area contributed by atoms with Crippen LogP contribution in [0.4, 0.5) is 0 Å². The molecule has 0 fully saturated rings. The van der Waals surface area contributed by atoms with Crippen LogP contribution in [-0.4, -0.2) is 18.8 Å². The molecule has 112 valence electrons. The van der Waals surface area contributed by atoms with Gasteiger partial charge in [0.05, 0.1) is 13.2 Å².